The molecule has 5 heteroatoms. The Kier molecular flexibility index (Phi) is 4.63. The van der Waals surface area contributed by atoms with Crippen molar-refractivity contribution in [3.63, 3.8) is 0 Å². The van der Waals surface area contributed by atoms with Crippen molar-refractivity contribution in [2.75, 3.05) is 0 Å². The minimum Gasteiger partial charge on any atom is -0.366 e. The lowest BCUT2D eigenvalue weighted by molar-refractivity contribution is -0.128. The van der Waals surface area contributed by atoms with Crippen LogP contribution in [-0.2, 0) is 11.3 Å². The van der Waals surface area contributed by atoms with Crippen molar-refractivity contribution >= 4 is 11.8 Å². The SMILES string of the molecule is CC1CCCC(N)(C(=O)NCc2cccc(C(N)=O)c2)C1. The van der Waals surface area contributed by atoms with Crippen LogP contribution >= 0.6 is 0 Å². The third-order valence-corrected chi connectivity index (χ3v) is 4.15. The summed E-state index contributed by atoms with van der Waals surface area (Å²) in [6.45, 7) is 2.48. The molecule has 0 aliphatic heterocycles. The number of hydrogen-bond donors (Lipinski definition) is 3. The van der Waals surface area contributed by atoms with Crippen LogP contribution in [0.25, 0.3) is 0 Å². The van der Waals surface area contributed by atoms with Crippen molar-refractivity contribution in [3.05, 3.63) is 35.4 Å². The van der Waals surface area contributed by atoms with Gasteiger partial charge in [-0.3, -0.25) is 9.59 Å². The number of nitrogens with two attached hydrogens (primary N) is 2. The van der Waals surface area contributed by atoms with Crippen molar-refractivity contribution in [2.45, 2.75) is 44.7 Å². The maximum Gasteiger partial charge on any atom is 0.248 e. The summed E-state index contributed by atoms with van der Waals surface area (Å²) in [4.78, 5) is 23.5. The first-order chi connectivity index (χ1) is 9.90. The zero-order valence-corrected chi connectivity index (χ0v) is 12.4. The molecular weight excluding hydrogens is 266 g/mol. The molecule has 1 aliphatic carbocycles. The van der Waals surface area contributed by atoms with E-state index in [-0.39, 0.29) is 5.91 Å². The molecule has 0 aromatic heterocycles. The van der Waals surface area contributed by atoms with Gasteiger partial charge in [-0.25, -0.2) is 0 Å². The topological polar surface area (TPSA) is 98.2 Å². The van der Waals surface area contributed by atoms with Gasteiger partial charge in [-0.15, -0.1) is 0 Å². The third-order valence-electron chi connectivity index (χ3n) is 4.15. The van der Waals surface area contributed by atoms with Gasteiger partial charge in [0.05, 0.1) is 5.54 Å². The highest BCUT2D eigenvalue weighted by molar-refractivity contribution is 5.93. The molecule has 0 heterocycles. The van der Waals surface area contributed by atoms with Crippen LogP contribution in [0.1, 0.15) is 48.5 Å². The summed E-state index contributed by atoms with van der Waals surface area (Å²) in [6.07, 6.45) is 3.57. The molecule has 2 unspecified atom stereocenters. The normalized spacial score (nSPS) is 25.3. The first-order valence-corrected chi connectivity index (χ1v) is 7.37. The Labute approximate surface area is 125 Å². The highest BCUT2D eigenvalue weighted by Crippen LogP contribution is 2.30. The van der Waals surface area contributed by atoms with Gasteiger partial charge < -0.3 is 16.8 Å². The predicted octanol–water partition coefficient (Wildman–Crippen LogP) is 1.31. The minimum absolute atomic E-state index is 0.112. The Morgan fingerprint density at radius 3 is 2.86 bits per heavy atom. The molecule has 5 nitrogen and oxygen atoms in total. The van der Waals surface area contributed by atoms with E-state index in [0.29, 0.717) is 18.0 Å². The van der Waals surface area contributed by atoms with Crippen LogP contribution < -0.4 is 16.8 Å². The maximum atomic E-state index is 12.3. The fourth-order valence-corrected chi connectivity index (χ4v) is 2.99. The molecule has 2 rings (SSSR count). The first-order valence-electron chi connectivity index (χ1n) is 7.37. The van der Waals surface area contributed by atoms with Crippen LogP contribution in [0.3, 0.4) is 0 Å². The lowest BCUT2D eigenvalue weighted by Gasteiger charge is -2.35. The number of primary amides is 1. The van der Waals surface area contributed by atoms with Crippen LogP contribution in [0.15, 0.2) is 24.3 Å². The Balaban J connectivity index is 1.97. The number of nitrogens with one attached hydrogen (secondary N) is 1. The second-order valence-corrected chi connectivity index (χ2v) is 6.10. The molecule has 2 amide bonds. The number of amides is 2. The average Bonchev–Trinajstić information content (AvgIpc) is 2.44. The highest BCUT2D eigenvalue weighted by atomic mass is 16.2. The second kappa shape index (κ2) is 6.26. The van der Waals surface area contributed by atoms with Crippen molar-refractivity contribution in [2.24, 2.45) is 17.4 Å². The van der Waals surface area contributed by atoms with Crippen molar-refractivity contribution in [3.8, 4) is 0 Å². The van der Waals surface area contributed by atoms with E-state index in [1.54, 1.807) is 18.2 Å². The molecule has 1 saturated carbocycles. The minimum atomic E-state index is -0.765. The molecule has 5 N–H and O–H groups in total. The third kappa shape index (κ3) is 3.82. The maximum absolute atomic E-state index is 12.3. The summed E-state index contributed by atoms with van der Waals surface area (Å²) in [5.74, 6) is -0.106. The van der Waals surface area contributed by atoms with Crippen LogP contribution in [0.4, 0.5) is 0 Å². The summed E-state index contributed by atoms with van der Waals surface area (Å²) < 4.78 is 0. The van der Waals surface area contributed by atoms with Gasteiger partial charge in [0.1, 0.15) is 0 Å². The Morgan fingerprint density at radius 2 is 2.19 bits per heavy atom. The number of carbonyl (C=O) groups is 2. The molecule has 1 fully saturated rings. The van der Waals surface area contributed by atoms with Gasteiger partial charge in [-0.2, -0.15) is 0 Å². The zero-order valence-electron chi connectivity index (χ0n) is 12.4. The van der Waals surface area contributed by atoms with E-state index in [4.69, 9.17) is 11.5 Å². The number of hydrogen-bond acceptors (Lipinski definition) is 3. The van der Waals surface area contributed by atoms with Crippen LogP contribution in [0.2, 0.25) is 0 Å². The molecule has 114 valence electrons. The van der Waals surface area contributed by atoms with E-state index in [2.05, 4.69) is 12.2 Å². The summed E-state index contributed by atoms with van der Waals surface area (Å²) in [5, 5.41) is 2.88. The summed E-state index contributed by atoms with van der Waals surface area (Å²) in [7, 11) is 0. The van der Waals surface area contributed by atoms with Crippen molar-refractivity contribution < 1.29 is 9.59 Å². The molecule has 1 aliphatic rings. The largest absolute Gasteiger partial charge is 0.366 e. The fourth-order valence-electron chi connectivity index (χ4n) is 2.99. The van der Waals surface area contributed by atoms with Gasteiger partial charge in [0, 0.05) is 12.1 Å². The van der Waals surface area contributed by atoms with E-state index in [0.717, 1.165) is 31.2 Å². The monoisotopic (exact) mass is 289 g/mol. The lowest BCUT2D eigenvalue weighted by atomic mass is 9.76. The van der Waals surface area contributed by atoms with Gasteiger partial charge in [0.25, 0.3) is 0 Å². The molecule has 0 spiro atoms. The number of benzene rings is 1. The smallest absolute Gasteiger partial charge is 0.248 e. The second-order valence-electron chi connectivity index (χ2n) is 6.10. The summed E-state index contributed by atoms with van der Waals surface area (Å²) >= 11 is 0. The first kappa shape index (κ1) is 15.5. The van der Waals surface area contributed by atoms with Gasteiger partial charge >= 0.3 is 0 Å². The Morgan fingerprint density at radius 1 is 1.43 bits per heavy atom. The van der Waals surface area contributed by atoms with Crippen molar-refractivity contribution in [1.29, 1.82) is 0 Å². The Hall–Kier alpha value is -1.88. The van der Waals surface area contributed by atoms with Crippen molar-refractivity contribution in [1.82, 2.24) is 5.32 Å². The van der Waals surface area contributed by atoms with E-state index in [9.17, 15) is 9.59 Å². The highest BCUT2D eigenvalue weighted by Gasteiger charge is 2.37. The molecule has 0 bridgehead atoms. The number of rotatable bonds is 4. The number of carbonyl (C=O) groups excluding carboxylic acids is 2. The standard InChI is InChI=1S/C16H23N3O2/c1-11-4-3-7-16(18,9-11)15(21)19-10-12-5-2-6-13(8-12)14(17)20/h2,5-6,8,11H,3-4,7,9-10,18H2,1H3,(H2,17,20)(H,19,21). The lowest BCUT2D eigenvalue weighted by Crippen LogP contribution is -2.56. The van der Waals surface area contributed by atoms with Crippen LogP contribution in [-0.4, -0.2) is 17.4 Å². The van der Waals surface area contributed by atoms with E-state index < -0.39 is 11.4 Å². The van der Waals surface area contributed by atoms with Gasteiger partial charge in [-0.05, 0) is 36.5 Å². The molecular formula is C16H23N3O2. The molecule has 0 radical (unpaired) electrons. The van der Waals surface area contributed by atoms with Crippen LogP contribution in [0, 0.1) is 5.92 Å². The van der Waals surface area contributed by atoms with E-state index >= 15 is 0 Å². The van der Waals surface area contributed by atoms with Gasteiger partial charge in [-0.1, -0.05) is 31.9 Å². The van der Waals surface area contributed by atoms with Gasteiger partial charge in [0.2, 0.25) is 11.8 Å². The average molecular weight is 289 g/mol. The zero-order chi connectivity index (χ0) is 15.5. The summed E-state index contributed by atoms with van der Waals surface area (Å²) in [6, 6.07) is 6.94. The summed E-state index contributed by atoms with van der Waals surface area (Å²) in [5.41, 5.74) is 12.0. The molecule has 0 saturated heterocycles. The Bertz CT molecular complexity index is 544. The molecule has 2 atom stereocenters. The van der Waals surface area contributed by atoms with Gasteiger partial charge in [0.15, 0.2) is 0 Å². The molecule has 1 aromatic carbocycles. The van der Waals surface area contributed by atoms with E-state index in [1.165, 1.54) is 0 Å². The predicted molar refractivity (Wildman–Crippen MR) is 81.4 cm³/mol. The molecule has 1 aromatic rings. The van der Waals surface area contributed by atoms with E-state index in [1.807, 2.05) is 6.07 Å². The van der Waals surface area contributed by atoms with Crippen LogP contribution in [0.5, 0.6) is 0 Å². The molecule has 21 heavy (non-hydrogen) atoms. The quantitative estimate of drug-likeness (QED) is 0.779. The fraction of sp³-hybridized carbons (Fsp3) is 0.500.